The Hall–Kier alpha value is -2.77. The molecule has 0 radical (unpaired) electrons. The summed E-state index contributed by atoms with van der Waals surface area (Å²) in [6.45, 7) is 2.10. The van der Waals surface area contributed by atoms with Crippen LogP contribution in [0.2, 0.25) is 0 Å². The molecule has 1 unspecified atom stereocenters. The molecular weight excluding hydrogens is 308 g/mol. The Morgan fingerprint density at radius 3 is 2.79 bits per heavy atom. The lowest BCUT2D eigenvalue weighted by Crippen LogP contribution is -2.34. The van der Waals surface area contributed by atoms with Crippen LogP contribution in [0.1, 0.15) is 18.4 Å². The zero-order valence-corrected chi connectivity index (χ0v) is 13.2. The van der Waals surface area contributed by atoms with Crippen molar-refractivity contribution < 1.29 is 9.59 Å². The van der Waals surface area contributed by atoms with E-state index in [1.807, 2.05) is 29.2 Å². The Balaban J connectivity index is 1.39. The van der Waals surface area contributed by atoms with E-state index in [2.05, 4.69) is 20.8 Å². The fraction of sp³-hybridized carbons (Fsp3) is 0.438. The van der Waals surface area contributed by atoms with E-state index in [0.717, 1.165) is 24.2 Å². The first-order chi connectivity index (χ1) is 11.6. The smallest absolute Gasteiger partial charge is 0.227 e. The van der Waals surface area contributed by atoms with Gasteiger partial charge in [0.2, 0.25) is 11.8 Å². The van der Waals surface area contributed by atoms with E-state index in [1.165, 1.54) is 6.33 Å². The first-order valence-corrected chi connectivity index (χ1v) is 8.00. The van der Waals surface area contributed by atoms with Crippen LogP contribution in [0.3, 0.4) is 0 Å². The van der Waals surface area contributed by atoms with Crippen molar-refractivity contribution in [3.05, 3.63) is 36.2 Å². The molecule has 2 aromatic rings. The number of carbonyl (C=O) groups excluding carboxylic acids is 2. The molecule has 1 atom stereocenters. The molecule has 2 saturated heterocycles. The van der Waals surface area contributed by atoms with Crippen LogP contribution in [0, 0.1) is 5.41 Å². The van der Waals surface area contributed by atoms with Gasteiger partial charge < -0.3 is 10.2 Å². The summed E-state index contributed by atoms with van der Waals surface area (Å²) in [6.07, 6.45) is 3.33. The Kier molecular flexibility index (Phi) is 3.51. The van der Waals surface area contributed by atoms with Gasteiger partial charge in [0.15, 0.2) is 0 Å². The first kappa shape index (κ1) is 14.8. The van der Waals surface area contributed by atoms with Crippen LogP contribution in [0.5, 0.6) is 0 Å². The number of benzene rings is 1. The van der Waals surface area contributed by atoms with E-state index >= 15 is 0 Å². The van der Waals surface area contributed by atoms with E-state index in [0.29, 0.717) is 25.9 Å². The Bertz CT molecular complexity index is 757. The van der Waals surface area contributed by atoms with Gasteiger partial charge in [-0.3, -0.25) is 9.59 Å². The van der Waals surface area contributed by atoms with Gasteiger partial charge in [0.1, 0.15) is 6.33 Å². The predicted octanol–water partition coefficient (Wildman–Crippen LogP) is -0.0566. The van der Waals surface area contributed by atoms with Crippen LogP contribution >= 0.6 is 0 Å². The van der Waals surface area contributed by atoms with Gasteiger partial charge in [0.05, 0.1) is 12.1 Å². The lowest BCUT2D eigenvalue weighted by Gasteiger charge is -2.21. The number of carbonyl (C=O) groups is 2. The Labute approximate surface area is 138 Å². The second-order valence-corrected chi connectivity index (χ2v) is 6.62. The van der Waals surface area contributed by atoms with Crippen molar-refractivity contribution in [2.24, 2.45) is 5.41 Å². The van der Waals surface area contributed by atoms with Crippen LogP contribution in [-0.2, 0) is 16.0 Å². The minimum Gasteiger partial charge on any atom is -0.355 e. The van der Waals surface area contributed by atoms with Crippen molar-refractivity contribution in [2.45, 2.75) is 19.3 Å². The average molecular weight is 326 g/mol. The van der Waals surface area contributed by atoms with Crippen LogP contribution in [0.25, 0.3) is 5.69 Å². The molecule has 24 heavy (non-hydrogen) atoms. The largest absolute Gasteiger partial charge is 0.355 e. The topological polar surface area (TPSA) is 93.0 Å². The van der Waals surface area contributed by atoms with Crippen LogP contribution in [0.15, 0.2) is 30.6 Å². The SMILES string of the molecule is O=C1CC2(CCN(C(=O)Cc3ccc(-n4cnnn4)cc3)C2)CN1. The summed E-state index contributed by atoms with van der Waals surface area (Å²) in [5, 5.41) is 13.9. The maximum Gasteiger partial charge on any atom is 0.227 e. The molecule has 0 bridgehead atoms. The number of hydrogen-bond acceptors (Lipinski definition) is 5. The average Bonchev–Trinajstić information content (AvgIpc) is 3.31. The molecule has 1 aromatic carbocycles. The molecule has 4 rings (SSSR count). The van der Waals surface area contributed by atoms with Gasteiger partial charge in [-0.15, -0.1) is 5.10 Å². The van der Waals surface area contributed by atoms with Gasteiger partial charge in [0.25, 0.3) is 0 Å². The molecule has 2 aliphatic rings. The van der Waals surface area contributed by atoms with E-state index in [4.69, 9.17) is 0 Å². The molecule has 2 amide bonds. The molecular formula is C16H18N6O2. The van der Waals surface area contributed by atoms with E-state index < -0.39 is 0 Å². The number of nitrogens with zero attached hydrogens (tertiary/aromatic N) is 5. The molecule has 8 nitrogen and oxygen atoms in total. The summed E-state index contributed by atoms with van der Waals surface area (Å²) in [7, 11) is 0. The van der Waals surface area contributed by atoms with Crippen molar-refractivity contribution in [2.75, 3.05) is 19.6 Å². The summed E-state index contributed by atoms with van der Waals surface area (Å²) in [6, 6.07) is 7.62. The Morgan fingerprint density at radius 1 is 1.29 bits per heavy atom. The number of nitrogens with one attached hydrogen (secondary N) is 1. The molecule has 2 aliphatic heterocycles. The highest BCUT2D eigenvalue weighted by atomic mass is 16.2. The monoisotopic (exact) mass is 326 g/mol. The fourth-order valence-electron chi connectivity index (χ4n) is 3.52. The zero-order chi connectivity index (χ0) is 16.6. The summed E-state index contributed by atoms with van der Waals surface area (Å²) < 4.78 is 1.57. The van der Waals surface area contributed by atoms with Gasteiger partial charge in [-0.1, -0.05) is 12.1 Å². The number of aromatic nitrogens is 4. The van der Waals surface area contributed by atoms with Gasteiger partial charge >= 0.3 is 0 Å². The third kappa shape index (κ3) is 2.75. The van der Waals surface area contributed by atoms with Crippen LogP contribution < -0.4 is 5.32 Å². The van der Waals surface area contributed by atoms with E-state index in [9.17, 15) is 9.59 Å². The maximum absolute atomic E-state index is 12.5. The lowest BCUT2D eigenvalue weighted by molar-refractivity contribution is -0.130. The third-order valence-corrected chi connectivity index (χ3v) is 4.89. The number of likely N-dealkylation sites (tertiary alicyclic amines) is 1. The van der Waals surface area contributed by atoms with Crippen LogP contribution in [0.4, 0.5) is 0 Å². The molecule has 0 saturated carbocycles. The maximum atomic E-state index is 12.5. The number of hydrogen-bond donors (Lipinski definition) is 1. The van der Waals surface area contributed by atoms with Crippen molar-refractivity contribution in [3.63, 3.8) is 0 Å². The quantitative estimate of drug-likeness (QED) is 0.853. The van der Waals surface area contributed by atoms with Gasteiger partial charge in [0, 0.05) is 31.5 Å². The number of rotatable bonds is 3. The summed E-state index contributed by atoms with van der Waals surface area (Å²) in [4.78, 5) is 25.9. The summed E-state index contributed by atoms with van der Waals surface area (Å²) >= 11 is 0. The first-order valence-electron chi connectivity index (χ1n) is 8.00. The van der Waals surface area contributed by atoms with Crippen LogP contribution in [-0.4, -0.2) is 56.6 Å². The van der Waals surface area contributed by atoms with Crippen molar-refractivity contribution in [1.29, 1.82) is 0 Å². The van der Waals surface area contributed by atoms with E-state index in [1.54, 1.807) is 4.68 Å². The highest BCUT2D eigenvalue weighted by Gasteiger charge is 2.44. The lowest BCUT2D eigenvalue weighted by atomic mass is 9.86. The molecule has 1 aromatic heterocycles. The molecule has 1 spiro atoms. The standard InChI is InChI=1S/C16H18N6O2/c23-14-8-16(9-17-14)5-6-21(10-16)15(24)7-12-1-3-13(4-2-12)22-11-18-19-20-22/h1-4,11H,5-10H2,(H,17,23). The van der Waals surface area contributed by atoms with E-state index in [-0.39, 0.29) is 17.2 Å². The van der Waals surface area contributed by atoms with Gasteiger partial charge in [-0.25, -0.2) is 4.68 Å². The predicted molar refractivity (Wildman–Crippen MR) is 84.1 cm³/mol. The number of amides is 2. The minimum absolute atomic E-state index is 0.0449. The molecule has 1 N–H and O–H groups in total. The second kappa shape index (κ2) is 5.70. The van der Waals surface area contributed by atoms with Crippen molar-refractivity contribution in [3.8, 4) is 5.69 Å². The van der Waals surface area contributed by atoms with Crippen molar-refractivity contribution in [1.82, 2.24) is 30.4 Å². The minimum atomic E-state index is -0.0449. The van der Waals surface area contributed by atoms with Crippen molar-refractivity contribution >= 4 is 11.8 Å². The fourth-order valence-corrected chi connectivity index (χ4v) is 3.52. The summed E-state index contributed by atoms with van der Waals surface area (Å²) in [5.41, 5.74) is 1.77. The van der Waals surface area contributed by atoms with Gasteiger partial charge in [-0.2, -0.15) is 0 Å². The zero-order valence-electron chi connectivity index (χ0n) is 13.2. The third-order valence-electron chi connectivity index (χ3n) is 4.89. The molecule has 2 fully saturated rings. The molecule has 0 aliphatic carbocycles. The molecule has 3 heterocycles. The highest BCUT2D eigenvalue weighted by Crippen LogP contribution is 2.36. The number of tetrazole rings is 1. The van der Waals surface area contributed by atoms with Gasteiger partial charge in [-0.05, 0) is 34.5 Å². The second-order valence-electron chi connectivity index (χ2n) is 6.62. The normalized spacial score (nSPS) is 23.0. The summed E-state index contributed by atoms with van der Waals surface area (Å²) in [5.74, 6) is 0.212. The highest BCUT2D eigenvalue weighted by molar-refractivity contribution is 5.81. The molecule has 8 heteroatoms. The molecule has 124 valence electrons. The Morgan fingerprint density at radius 2 is 2.12 bits per heavy atom.